The molecule has 1 fully saturated rings. The molecular formula is C33H32FN3O4. The summed E-state index contributed by atoms with van der Waals surface area (Å²) in [6, 6.07) is 22.0. The summed E-state index contributed by atoms with van der Waals surface area (Å²) in [4.78, 5) is 32.4. The van der Waals surface area contributed by atoms with Crippen LogP contribution in [-0.4, -0.2) is 28.2 Å². The van der Waals surface area contributed by atoms with Gasteiger partial charge in [-0.05, 0) is 65.8 Å². The van der Waals surface area contributed by atoms with Crippen molar-refractivity contribution in [1.82, 2.24) is 15.2 Å². The molecule has 2 heterocycles. The maximum Gasteiger partial charge on any atom is 0.273 e. The van der Waals surface area contributed by atoms with Crippen LogP contribution >= 0.6 is 0 Å². The maximum atomic E-state index is 13.6. The van der Waals surface area contributed by atoms with Crippen molar-refractivity contribution in [1.29, 1.82) is 0 Å². The van der Waals surface area contributed by atoms with Crippen LogP contribution in [0.1, 0.15) is 70.4 Å². The van der Waals surface area contributed by atoms with Gasteiger partial charge in [0.1, 0.15) is 17.8 Å². The smallest absolute Gasteiger partial charge is 0.273 e. The molecule has 4 aromatic rings. The fourth-order valence-corrected chi connectivity index (χ4v) is 5.87. The summed E-state index contributed by atoms with van der Waals surface area (Å²) in [6.45, 7) is 0.909. The predicted octanol–water partition coefficient (Wildman–Crippen LogP) is 5.99. The zero-order chi connectivity index (χ0) is 28.2. The Morgan fingerprint density at radius 2 is 1.85 bits per heavy atom. The third-order valence-electron chi connectivity index (χ3n) is 7.94. The molecule has 2 amide bonds. The molecule has 6 rings (SSSR count). The predicted molar refractivity (Wildman–Crippen MR) is 151 cm³/mol. The van der Waals surface area contributed by atoms with E-state index in [1.54, 1.807) is 12.1 Å². The van der Waals surface area contributed by atoms with E-state index in [0.717, 1.165) is 43.2 Å². The highest BCUT2D eigenvalue weighted by Gasteiger charge is 2.36. The summed E-state index contributed by atoms with van der Waals surface area (Å²) in [6.07, 6.45) is 6.25. The van der Waals surface area contributed by atoms with Gasteiger partial charge in [0.15, 0.2) is 12.3 Å². The van der Waals surface area contributed by atoms with Crippen LogP contribution in [0.2, 0.25) is 0 Å². The lowest BCUT2D eigenvalue weighted by atomic mass is 9.87. The normalized spacial score (nSPS) is 16.8. The van der Waals surface area contributed by atoms with E-state index in [1.807, 2.05) is 30.3 Å². The summed E-state index contributed by atoms with van der Waals surface area (Å²) < 4.78 is 24.9. The summed E-state index contributed by atoms with van der Waals surface area (Å²) in [5.41, 5.74) is 4.12. The lowest BCUT2D eigenvalue weighted by Gasteiger charge is -2.39. The Morgan fingerprint density at radius 1 is 1.02 bits per heavy atom. The molecular weight excluding hydrogens is 521 g/mol. The number of fused-ring (bicyclic) bond motifs is 1. The van der Waals surface area contributed by atoms with Gasteiger partial charge in [0.25, 0.3) is 5.91 Å². The average molecular weight is 554 g/mol. The van der Waals surface area contributed by atoms with Crippen molar-refractivity contribution >= 4 is 11.8 Å². The molecule has 7 nitrogen and oxygen atoms in total. The first kappa shape index (κ1) is 26.7. The highest BCUT2D eigenvalue weighted by molar-refractivity contribution is 5.91. The third kappa shape index (κ3) is 6.01. The fourth-order valence-electron chi connectivity index (χ4n) is 5.87. The van der Waals surface area contributed by atoms with E-state index >= 15 is 0 Å². The lowest BCUT2D eigenvalue weighted by molar-refractivity contribution is -0.137. The Kier molecular flexibility index (Phi) is 7.80. The van der Waals surface area contributed by atoms with E-state index in [4.69, 9.17) is 9.15 Å². The van der Waals surface area contributed by atoms with Crippen LogP contribution in [0.15, 0.2) is 83.5 Å². The van der Waals surface area contributed by atoms with E-state index in [0.29, 0.717) is 17.9 Å². The SMILES string of the molecule is O=C(NCc1cccc(F)c1)c1coc(COc2ccc3c(c2)C(c2ccccc2)N(C(=O)C2CCCC2)CC3)n1. The van der Waals surface area contributed by atoms with Gasteiger partial charge >= 0.3 is 0 Å². The average Bonchev–Trinajstić information content (AvgIpc) is 3.71. The highest BCUT2D eigenvalue weighted by Crippen LogP contribution is 2.39. The van der Waals surface area contributed by atoms with Crippen molar-refractivity contribution < 1.29 is 23.1 Å². The molecule has 0 radical (unpaired) electrons. The number of hydrogen-bond acceptors (Lipinski definition) is 5. The number of carbonyl (C=O) groups excluding carboxylic acids is 2. The number of ether oxygens (including phenoxy) is 1. The van der Waals surface area contributed by atoms with Gasteiger partial charge in [-0.25, -0.2) is 9.37 Å². The Hall–Kier alpha value is -4.46. The Balaban J connectivity index is 1.15. The Bertz CT molecular complexity index is 1530. The monoisotopic (exact) mass is 553 g/mol. The third-order valence-corrected chi connectivity index (χ3v) is 7.94. The number of halogens is 1. The van der Waals surface area contributed by atoms with Crippen molar-refractivity contribution in [3.63, 3.8) is 0 Å². The van der Waals surface area contributed by atoms with Gasteiger partial charge in [-0.15, -0.1) is 0 Å². The summed E-state index contributed by atoms with van der Waals surface area (Å²) in [5, 5.41) is 2.72. The number of nitrogens with one attached hydrogen (secondary N) is 1. The molecule has 0 spiro atoms. The largest absolute Gasteiger partial charge is 0.484 e. The van der Waals surface area contributed by atoms with Crippen LogP contribution in [0.5, 0.6) is 5.75 Å². The Labute approximate surface area is 238 Å². The minimum Gasteiger partial charge on any atom is -0.484 e. The van der Waals surface area contributed by atoms with Crippen molar-refractivity contribution in [3.05, 3.63) is 119 Å². The van der Waals surface area contributed by atoms with Gasteiger partial charge in [-0.3, -0.25) is 9.59 Å². The van der Waals surface area contributed by atoms with Crippen LogP contribution in [0.3, 0.4) is 0 Å². The fraction of sp³-hybridized carbons (Fsp3) is 0.303. The molecule has 8 heteroatoms. The molecule has 1 saturated carbocycles. The Morgan fingerprint density at radius 3 is 2.66 bits per heavy atom. The molecule has 1 atom stereocenters. The molecule has 2 aliphatic rings. The van der Waals surface area contributed by atoms with E-state index in [1.165, 1.54) is 24.0 Å². The van der Waals surface area contributed by atoms with Gasteiger partial charge in [-0.2, -0.15) is 0 Å². The maximum absolute atomic E-state index is 13.6. The van der Waals surface area contributed by atoms with Gasteiger partial charge in [0.2, 0.25) is 11.8 Å². The number of oxazole rings is 1. The molecule has 41 heavy (non-hydrogen) atoms. The minimum atomic E-state index is -0.421. The number of carbonyl (C=O) groups is 2. The first-order valence-corrected chi connectivity index (χ1v) is 14.1. The van der Waals surface area contributed by atoms with E-state index in [2.05, 4.69) is 33.4 Å². The number of amides is 2. The highest BCUT2D eigenvalue weighted by atomic mass is 19.1. The minimum absolute atomic E-state index is 0.0384. The number of nitrogens with zero attached hydrogens (tertiary/aromatic N) is 2. The first-order chi connectivity index (χ1) is 20.0. The zero-order valence-electron chi connectivity index (χ0n) is 22.7. The summed E-state index contributed by atoms with van der Waals surface area (Å²) in [7, 11) is 0. The molecule has 0 bridgehead atoms. The standard InChI is InChI=1S/C33H32FN3O4/c34-26-12-6-7-22(17-26)19-35-32(38)29-20-41-30(36-29)21-40-27-14-13-23-15-16-37(33(39)25-10-4-5-11-25)31(28(23)18-27)24-8-2-1-3-9-24/h1-3,6-9,12-14,17-18,20,25,31H,4-5,10-11,15-16,19,21H2,(H,35,38). The van der Waals surface area contributed by atoms with Gasteiger partial charge in [0, 0.05) is 19.0 Å². The number of aromatic nitrogens is 1. The molecule has 1 unspecified atom stereocenters. The molecule has 3 aromatic carbocycles. The van der Waals surface area contributed by atoms with Crippen LogP contribution in [0.25, 0.3) is 0 Å². The molecule has 1 aliphatic carbocycles. The second-order valence-corrected chi connectivity index (χ2v) is 10.7. The number of rotatable bonds is 8. The lowest BCUT2D eigenvalue weighted by Crippen LogP contribution is -2.43. The van der Waals surface area contributed by atoms with Crippen molar-refractivity contribution in [2.24, 2.45) is 5.92 Å². The summed E-state index contributed by atoms with van der Waals surface area (Å²) >= 11 is 0. The molecule has 1 N–H and O–H groups in total. The second kappa shape index (κ2) is 12.0. The van der Waals surface area contributed by atoms with Gasteiger partial charge in [-0.1, -0.05) is 61.4 Å². The van der Waals surface area contributed by atoms with Crippen molar-refractivity contribution in [2.75, 3.05) is 6.54 Å². The van der Waals surface area contributed by atoms with Crippen LogP contribution in [-0.2, 0) is 24.4 Å². The van der Waals surface area contributed by atoms with Crippen molar-refractivity contribution in [2.45, 2.75) is 51.3 Å². The molecule has 1 aliphatic heterocycles. The van der Waals surface area contributed by atoms with E-state index in [-0.39, 0.29) is 48.4 Å². The quantitative estimate of drug-likeness (QED) is 0.290. The zero-order valence-corrected chi connectivity index (χ0v) is 22.7. The van der Waals surface area contributed by atoms with Crippen molar-refractivity contribution in [3.8, 4) is 5.75 Å². The molecule has 0 saturated heterocycles. The van der Waals surface area contributed by atoms with Crippen LogP contribution < -0.4 is 10.1 Å². The van der Waals surface area contributed by atoms with E-state index < -0.39 is 5.91 Å². The number of hydrogen-bond donors (Lipinski definition) is 1. The van der Waals surface area contributed by atoms with Crippen LogP contribution in [0.4, 0.5) is 4.39 Å². The van der Waals surface area contributed by atoms with Crippen LogP contribution in [0, 0.1) is 11.7 Å². The topological polar surface area (TPSA) is 84.7 Å². The first-order valence-electron chi connectivity index (χ1n) is 14.1. The second-order valence-electron chi connectivity index (χ2n) is 10.7. The molecule has 210 valence electrons. The van der Waals surface area contributed by atoms with Gasteiger partial charge < -0.3 is 19.4 Å². The molecule has 1 aromatic heterocycles. The number of benzene rings is 3. The van der Waals surface area contributed by atoms with E-state index in [9.17, 15) is 14.0 Å². The van der Waals surface area contributed by atoms with Gasteiger partial charge in [0.05, 0.1) is 6.04 Å². The summed E-state index contributed by atoms with van der Waals surface area (Å²) in [5.74, 6) is 0.467.